The molecule has 0 bridgehead atoms. The summed E-state index contributed by atoms with van der Waals surface area (Å²) < 4.78 is 7.71. The number of hydrogen-bond donors (Lipinski definition) is 1. The summed E-state index contributed by atoms with van der Waals surface area (Å²) in [6, 6.07) is 7.91. The molecule has 112 valence electrons. The van der Waals surface area contributed by atoms with E-state index in [1.807, 2.05) is 60.8 Å². The van der Waals surface area contributed by atoms with Crippen molar-refractivity contribution < 1.29 is 9.53 Å². The summed E-state index contributed by atoms with van der Waals surface area (Å²) in [5.74, 6) is 0. The normalized spacial score (nSPS) is 22.5. The average Bonchev–Trinajstić information content (AvgIpc) is 2.81. The van der Waals surface area contributed by atoms with Crippen LogP contribution in [0.2, 0.25) is 0 Å². The van der Waals surface area contributed by atoms with Crippen molar-refractivity contribution in [3.63, 3.8) is 0 Å². The van der Waals surface area contributed by atoms with Crippen LogP contribution in [0.5, 0.6) is 0 Å². The summed E-state index contributed by atoms with van der Waals surface area (Å²) in [6.45, 7) is 5.24. The number of anilines is 1. The molecule has 2 unspecified atom stereocenters. The molecule has 1 aromatic carbocycles. The number of rotatable bonds is 1. The van der Waals surface area contributed by atoms with Crippen LogP contribution in [0.4, 0.5) is 10.5 Å². The highest BCUT2D eigenvalue weighted by atomic mass is 16.5. The van der Waals surface area contributed by atoms with Crippen LogP contribution in [0.15, 0.2) is 30.5 Å². The number of aromatic nitrogens is 1. The SMILES string of the molecule is CC1CN(C(=O)Nc2cccc3c2ccn3C)CC(C)O1. The largest absolute Gasteiger partial charge is 0.372 e. The Morgan fingerprint density at radius 2 is 1.95 bits per heavy atom. The molecule has 2 amide bonds. The van der Waals surface area contributed by atoms with E-state index in [4.69, 9.17) is 4.74 Å². The van der Waals surface area contributed by atoms with Crippen molar-refractivity contribution in [1.29, 1.82) is 0 Å². The topological polar surface area (TPSA) is 46.5 Å². The first-order chi connectivity index (χ1) is 10.0. The smallest absolute Gasteiger partial charge is 0.322 e. The molecular weight excluding hydrogens is 266 g/mol. The third-order valence-corrected chi connectivity index (χ3v) is 3.88. The van der Waals surface area contributed by atoms with Crippen LogP contribution >= 0.6 is 0 Å². The van der Waals surface area contributed by atoms with Gasteiger partial charge >= 0.3 is 6.03 Å². The second-order valence-electron chi connectivity index (χ2n) is 5.76. The predicted octanol–water partition coefficient (Wildman–Crippen LogP) is 2.82. The predicted molar refractivity (Wildman–Crippen MR) is 83.5 cm³/mol. The highest BCUT2D eigenvalue weighted by Crippen LogP contribution is 2.24. The summed E-state index contributed by atoms with van der Waals surface area (Å²) >= 11 is 0. The second kappa shape index (κ2) is 5.41. The number of benzene rings is 1. The third kappa shape index (κ3) is 2.74. The fourth-order valence-electron chi connectivity index (χ4n) is 2.95. The number of aryl methyl sites for hydroxylation is 1. The zero-order valence-corrected chi connectivity index (χ0v) is 12.7. The molecule has 0 aliphatic carbocycles. The summed E-state index contributed by atoms with van der Waals surface area (Å²) in [6.07, 6.45) is 2.15. The van der Waals surface area contributed by atoms with Crippen molar-refractivity contribution in [2.45, 2.75) is 26.1 Å². The zero-order chi connectivity index (χ0) is 15.0. The molecule has 3 rings (SSSR count). The van der Waals surface area contributed by atoms with Crippen LogP contribution in [0.1, 0.15) is 13.8 Å². The van der Waals surface area contributed by atoms with Crippen molar-refractivity contribution in [3.8, 4) is 0 Å². The van der Waals surface area contributed by atoms with Crippen LogP contribution in [0.3, 0.4) is 0 Å². The lowest BCUT2D eigenvalue weighted by Crippen LogP contribution is -2.49. The Kier molecular flexibility index (Phi) is 3.59. The van der Waals surface area contributed by atoms with E-state index in [9.17, 15) is 4.79 Å². The van der Waals surface area contributed by atoms with Crippen molar-refractivity contribution >= 4 is 22.6 Å². The van der Waals surface area contributed by atoms with E-state index in [-0.39, 0.29) is 18.2 Å². The summed E-state index contributed by atoms with van der Waals surface area (Å²) in [5.41, 5.74) is 1.96. The Morgan fingerprint density at radius 3 is 2.67 bits per heavy atom. The van der Waals surface area contributed by atoms with Crippen LogP contribution in [-0.4, -0.2) is 40.8 Å². The van der Waals surface area contributed by atoms with Gasteiger partial charge in [0.25, 0.3) is 0 Å². The number of fused-ring (bicyclic) bond motifs is 1. The number of nitrogens with one attached hydrogen (secondary N) is 1. The molecule has 1 saturated heterocycles. The lowest BCUT2D eigenvalue weighted by atomic mass is 10.2. The zero-order valence-electron chi connectivity index (χ0n) is 12.7. The minimum atomic E-state index is -0.0617. The molecule has 2 atom stereocenters. The Balaban J connectivity index is 1.80. The Morgan fingerprint density at radius 1 is 1.24 bits per heavy atom. The highest BCUT2D eigenvalue weighted by molar-refractivity contribution is 6.00. The van der Waals surface area contributed by atoms with Gasteiger partial charge in [-0.1, -0.05) is 6.07 Å². The van der Waals surface area contributed by atoms with Gasteiger partial charge in [0.2, 0.25) is 0 Å². The number of ether oxygens (including phenoxy) is 1. The van der Waals surface area contributed by atoms with Crippen LogP contribution < -0.4 is 5.32 Å². The third-order valence-electron chi connectivity index (χ3n) is 3.88. The number of hydrogen-bond acceptors (Lipinski definition) is 2. The molecule has 5 heteroatoms. The molecule has 2 heterocycles. The van der Waals surface area contributed by atoms with E-state index < -0.39 is 0 Å². The number of carbonyl (C=O) groups excluding carboxylic acids is 1. The van der Waals surface area contributed by atoms with Gasteiger partial charge < -0.3 is 19.5 Å². The van der Waals surface area contributed by atoms with E-state index in [0.29, 0.717) is 13.1 Å². The van der Waals surface area contributed by atoms with Gasteiger partial charge in [-0.2, -0.15) is 0 Å². The van der Waals surface area contributed by atoms with Crippen LogP contribution in [0, 0.1) is 0 Å². The number of amides is 2. The monoisotopic (exact) mass is 287 g/mol. The van der Waals surface area contributed by atoms with Crippen molar-refractivity contribution in [1.82, 2.24) is 9.47 Å². The van der Waals surface area contributed by atoms with Gasteiger partial charge in [-0.05, 0) is 32.0 Å². The molecule has 1 aliphatic heterocycles. The molecule has 1 aromatic heterocycles. The van der Waals surface area contributed by atoms with Gasteiger partial charge in [0.1, 0.15) is 0 Å². The second-order valence-corrected chi connectivity index (χ2v) is 5.76. The van der Waals surface area contributed by atoms with Crippen molar-refractivity contribution in [3.05, 3.63) is 30.5 Å². The molecule has 1 N–H and O–H groups in total. The maximum Gasteiger partial charge on any atom is 0.322 e. The van der Waals surface area contributed by atoms with Gasteiger partial charge in [0, 0.05) is 37.2 Å². The fourth-order valence-corrected chi connectivity index (χ4v) is 2.95. The van der Waals surface area contributed by atoms with Crippen molar-refractivity contribution in [2.75, 3.05) is 18.4 Å². The lowest BCUT2D eigenvalue weighted by molar-refractivity contribution is -0.0530. The standard InChI is InChI=1S/C16H21N3O2/c1-11-9-19(10-12(2)21-11)16(20)17-14-5-4-6-15-13(14)7-8-18(15)3/h4-8,11-12H,9-10H2,1-3H3,(H,17,20). The number of urea groups is 1. The van der Waals surface area contributed by atoms with E-state index in [2.05, 4.69) is 5.32 Å². The van der Waals surface area contributed by atoms with Crippen LogP contribution in [0.25, 0.3) is 10.9 Å². The quantitative estimate of drug-likeness (QED) is 0.876. The molecule has 1 fully saturated rings. The van der Waals surface area contributed by atoms with Gasteiger partial charge in [0.05, 0.1) is 17.9 Å². The minimum Gasteiger partial charge on any atom is -0.372 e. The van der Waals surface area contributed by atoms with Crippen LogP contribution in [-0.2, 0) is 11.8 Å². The Bertz CT molecular complexity index is 655. The van der Waals surface area contributed by atoms with Crippen molar-refractivity contribution in [2.24, 2.45) is 7.05 Å². The first-order valence-electron chi connectivity index (χ1n) is 7.30. The molecule has 1 aliphatic rings. The summed E-state index contributed by atoms with van der Waals surface area (Å²) in [4.78, 5) is 14.3. The Labute approximate surface area is 124 Å². The fraction of sp³-hybridized carbons (Fsp3) is 0.438. The lowest BCUT2D eigenvalue weighted by Gasteiger charge is -2.35. The number of carbonyl (C=O) groups is 1. The molecule has 2 aromatic rings. The minimum absolute atomic E-state index is 0.0617. The van der Waals surface area contributed by atoms with E-state index >= 15 is 0 Å². The average molecular weight is 287 g/mol. The summed E-state index contributed by atoms with van der Waals surface area (Å²) in [5, 5.41) is 4.09. The summed E-state index contributed by atoms with van der Waals surface area (Å²) in [7, 11) is 2.00. The number of nitrogens with zero attached hydrogens (tertiary/aromatic N) is 2. The van der Waals surface area contributed by atoms with Gasteiger partial charge in [0.15, 0.2) is 0 Å². The Hall–Kier alpha value is -2.01. The van der Waals surface area contributed by atoms with E-state index in [1.165, 1.54) is 0 Å². The van der Waals surface area contributed by atoms with E-state index in [0.717, 1.165) is 16.6 Å². The number of morpholine rings is 1. The molecule has 21 heavy (non-hydrogen) atoms. The molecule has 0 radical (unpaired) electrons. The molecule has 0 saturated carbocycles. The molecule has 5 nitrogen and oxygen atoms in total. The van der Waals surface area contributed by atoms with Gasteiger partial charge in [-0.15, -0.1) is 0 Å². The van der Waals surface area contributed by atoms with Gasteiger partial charge in [-0.25, -0.2) is 4.79 Å². The molecule has 0 spiro atoms. The highest BCUT2D eigenvalue weighted by Gasteiger charge is 2.26. The maximum absolute atomic E-state index is 12.5. The maximum atomic E-state index is 12.5. The first-order valence-corrected chi connectivity index (χ1v) is 7.30. The first kappa shape index (κ1) is 13.9. The van der Waals surface area contributed by atoms with Gasteiger partial charge in [-0.3, -0.25) is 0 Å². The van der Waals surface area contributed by atoms with E-state index in [1.54, 1.807) is 0 Å². The molecular formula is C16H21N3O2.